The standard InChI is InChI=1S/C21H17F2N5O4S/c22-13-7-14(23)9-16(8-13)33(31,32)27-15-3-1-2-12(6-15)19(30)17-10-28(4-5-29)21-18(17)20(24)25-11-26-21/h1-3,6-11,27,29H,4-5H2,(H2,24,25,26). The molecule has 2 aromatic carbocycles. The largest absolute Gasteiger partial charge is 0.395 e. The Kier molecular flexibility index (Phi) is 5.78. The number of aliphatic hydroxyl groups excluding tert-OH is 1. The summed E-state index contributed by atoms with van der Waals surface area (Å²) in [6, 6.07) is 7.50. The van der Waals surface area contributed by atoms with Crippen molar-refractivity contribution in [3.8, 4) is 0 Å². The summed E-state index contributed by atoms with van der Waals surface area (Å²) in [5.74, 6) is -2.50. The van der Waals surface area contributed by atoms with Crippen molar-refractivity contribution in [2.45, 2.75) is 11.4 Å². The number of carbonyl (C=O) groups excluding carboxylic acids is 1. The second kappa shape index (κ2) is 8.56. The average molecular weight is 473 g/mol. The zero-order valence-electron chi connectivity index (χ0n) is 16.9. The molecule has 4 N–H and O–H groups in total. The Bertz CT molecular complexity index is 1470. The molecule has 0 fully saturated rings. The molecule has 9 nitrogen and oxygen atoms in total. The number of aromatic nitrogens is 3. The number of hydrogen-bond acceptors (Lipinski definition) is 7. The maximum atomic E-state index is 13.5. The number of anilines is 2. The third-order valence-corrected chi connectivity index (χ3v) is 6.15. The Morgan fingerprint density at radius 1 is 1.12 bits per heavy atom. The summed E-state index contributed by atoms with van der Waals surface area (Å²) >= 11 is 0. The fourth-order valence-corrected chi connectivity index (χ4v) is 4.47. The van der Waals surface area contributed by atoms with E-state index in [0.29, 0.717) is 29.2 Å². The Labute approximate surface area is 186 Å². The smallest absolute Gasteiger partial charge is 0.262 e. The van der Waals surface area contributed by atoms with Crippen LogP contribution in [0.15, 0.2) is 59.9 Å². The van der Waals surface area contributed by atoms with Gasteiger partial charge in [0.1, 0.15) is 29.4 Å². The van der Waals surface area contributed by atoms with E-state index in [2.05, 4.69) is 14.7 Å². The number of carbonyl (C=O) groups is 1. The summed E-state index contributed by atoms with van der Waals surface area (Å²) in [5, 5.41) is 9.60. The number of rotatable bonds is 7. The van der Waals surface area contributed by atoms with Gasteiger partial charge in [0.25, 0.3) is 10.0 Å². The van der Waals surface area contributed by atoms with E-state index in [9.17, 15) is 27.1 Å². The number of hydrogen-bond donors (Lipinski definition) is 3. The minimum Gasteiger partial charge on any atom is -0.395 e. The van der Waals surface area contributed by atoms with Gasteiger partial charge in [-0.05, 0) is 24.3 Å². The van der Waals surface area contributed by atoms with Crippen molar-refractivity contribution in [2.75, 3.05) is 17.1 Å². The van der Waals surface area contributed by atoms with Crippen LogP contribution in [0, 0.1) is 11.6 Å². The predicted octanol–water partition coefficient (Wildman–Crippen LogP) is 2.32. The van der Waals surface area contributed by atoms with Gasteiger partial charge >= 0.3 is 0 Å². The highest BCUT2D eigenvalue weighted by Gasteiger charge is 2.22. The third-order valence-electron chi connectivity index (χ3n) is 4.79. The Morgan fingerprint density at radius 3 is 2.55 bits per heavy atom. The minimum atomic E-state index is -4.32. The van der Waals surface area contributed by atoms with Crippen molar-refractivity contribution in [2.24, 2.45) is 0 Å². The molecular formula is C21H17F2N5O4S. The first-order valence-electron chi connectivity index (χ1n) is 9.53. The number of aliphatic hydroxyl groups is 1. The van der Waals surface area contributed by atoms with E-state index < -0.39 is 32.3 Å². The Hall–Kier alpha value is -3.90. The van der Waals surface area contributed by atoms with Gasteiger partial charge in [-0.2, -0.15) is 0 Å². The molecule has 4 rings (SSSR count). The van der Waals surface area contributed by atoms with Crippen LogP contribution in [0.4, 0.5) is 20.3 Å². The number of fused-ring (bicyclic) bond motifs is 1. The number of ketones is 1. The van der Waals surface area contributed by atoms with Crippen molar-refractivity contribution >= 4 is 38.3 Å². The monoisotopic (exact) mass is 473 g/mol. The molecule has 0 atom stereocenters. The van der Waals surface area contributed by atoms with Gasteiger partial charge in [-0.25, -0.2) is 27.2 Å². The van der Waals surface area contributed by atoms with Crippen LogP contribution in [0.25, 0.3) is 11.0 Å². The predicted molar refractivity (Wildman–Crippen MR) is 116 cm³/mol. The van der Waals surface area contributed by atoms with E-state index in [4.69, 9.17) is 5.73 Å². The summed E-state index contributed by atoms with van der Waals surface area (Å²) < 4.78 is 55.8. The first-order chi connectivity index (χ1) is 15.7. The molecule has 2 heterocycles. The minimum absolute atomic E-state index is 0.00818. The molecule has 12 heteroatoms. The molecule has 0 saturated carbocycles. The molecule has 0 radical (unpaired) electrons. The zero-order chi connectivity index (χ0) is 23.8. The summed E-state index contributed by atoms with van der Waals surface area (Å²) in [4.78, 5) is 20.7. The molecule has 170 valence electrons. The second-order valence-electron chi connectivity index (χ2n) is 7.04. The maximum absolute atomic E-state index is 13.5. The summed E-state index contributed by atoms with van der Waals surface area (Å²) in [5.41, 5.74) is 6.61. The molecule has 2 aromatic heterocycles. The number of nitrogen functional groups attached to an aromatic ring is 1. The molecule has 0 aliphatic rings. The number of nitrogens with one attached hydrogen (secondary N) is 1. The molecule has 0 amide bonds. The van der Waals surface area contributed by atoms with Gasteiger partial charge < -0.3 is 15.4 Å². The summed E-state index contributed by atoms with van der Waals surface area (Å²) in [6.45, 7) is -0.0243. The van der Waals surface area contributed by atoms with Gasteiger partial charge in [0.2, 0.25) is 0 Å². The SMILES string of the molecule is Nc1ncnc2c1c(C(=O)c1cccc(NS(=O)(=O)c3cc(F)cc(F)c3)c1)cn2CCO. The van der Waals surface area contributed by atoms with E-state index in [1.54, 1.807) is 4.57 Å². The van der Waals surface area contributed by atoms with Crippen LogP contribution in [0.2, 0.25) is 0 Å². The molecule has 0 aliphatic carbocycles. The Morgan fingerprint density at radius 2 is 1.85 bits per heavy atom. The summed E-state index contributed by atoms with van der Waals surface area (Å²) in [6.07, 6.45) is 2.73. The van der Waals surface area contributed by atoms with Crippen molar-refractivity contribution in [1.82, 2.24) is 14.5 Å². The lowest BCUT2D eigenvalue weighted by molar-refractivity contribution is 0.104. The lowest BCUT2D eigenvalue weighted by Crippen LogP contribution is -2.14. The first-order valence-corrected chi connectivity index (χ1v) is 11.0. The van der Waals surface area contributed by atoms with Crippen molar-refractivity contribution in [3.63, 3.8) is 0 Å². The lowest BCUT2D eigenvalue weighted by Gasteiger charge is -2.10. The third kappa shape index (κ3) is 4.38. The molecule has 0 aliphatic heterocycles. The first kappa shape index (κ1) is 22.3. The Balaban J connectivity index is 1.71. The van der Waals surface area contributed by atoms with Crippen LogP contribution in [0.3, 0.4) is 0 Å². The number of benzene rings is 2. The van der Waals surface area contributed by atoms with E-state index in [1.807, 2.05) is 0 Å². The van der Waals surface area contributed by atoms with Crippen molar-refractivity contribution in [3.05, 3.63) is 77.8 Å². The molecular weight excluding hydrogens is 456 g/mol. The van der Waals surface area contributed by atoms with Crippen LogP contribution in [0.5, 0.6) is 0 Å². The van der Waals surface area contributed by atoms with E-state index >= 15 is 0 Å². The van der Waals surface area contributed by atoms with Crippen molar-refractivity contribution < 1.29 is 27.1 Å². The number of nitrogens with zero attached hydrogens (tertiary/aromatic N) is 3. The van der Waals surface area contributed by atoms with Crippen LogP contribution in [-0.2, 0) is 16.6 Å². The molecule has 0 saturated heterocycles. The quantitative estimate of drug-likeness (QED) is 0.350. The fraction of sp³-hybridized carbons (Fsp3) is 0.0952. The van der Waals surface area contributed by atoms with Gasteiger partial charge in [-0.15, -0.1) is 0 Å². The molecule has 0 bridgehead atoms. The normalized spacial score (nSPS) is 11.6. The molecule has 0 spiro atoms. The highest BCUT2D eigenvalue weighted by Crippen LogP contribution is 2.27. The number of halogens is 2. The van der Waals surface area contributed by atoms with Gasteiger partial charge in [-0.1, -0.05) is 12.1 Å². The number of nitrogens with two attached hydrogens (primary N) is 1. The second-order valence-corrected chi connectivity index (χ2v) is 8.72. The highest BCUT2D eigenvalue weighted by atomic mass is 32.2. The van der Waals surface area contributed by atoms with E-state index in [0.717, 1.165) is 0 Å². The van der Waals surface area contributed by atoms with E-state index in [-0.39, 0.29) is 35.8 Å². The van der Waals surface area contributed by atoms with Gasteiger partial charge in [0.05, 0.1) is 22.5 Å². The van der Waals surface area contributed by atoms with Gasteiger partial charge in [-0.3, -0.25) is 9.52 Å². The van der Waals surface area contributed by atoms with Crippen LogP contribution in [-0.4, -0.2) is 40.4 Å². The fourth-order valence-electron chi connectivity index (χ4n) is 3.37. The highest BCUT2D eigenvalue weighted by molar-refractivity contribution is 7.92. The summed E-state index contributed by atoms with van der Waals surface area (Å²) in [7, 11) is -4.32. The van der Waals surface area contributed by atoms with Crippen molar-refractivity contribution in [1.29, 1.82) is 0 Å². The van der Waals surface area contributed by atoms with Crippen LogP contribution in [0.1, 0.15) is 15.9 Å². The van der Waals surface area contributed by atoms with Gasteiger partial charge in [0.15, 0.2) is 5.78 Å². The molecule has 33 heavy (non-hydrogen) atoms. The van der Waals surface area contributed by atoms with Crippen LogP contribution >= 0.6 is 0 Å². The maximum Gasteiger partial charge on any atom is 0.262 e. The average Bonchev–Trinajstić information content (AvgIpc) is 3.12. The topological polar surface area (TPSA) is 140 Å². The van der Waals surface area contributed by atoms with Gasteiger partial charge in [0, 0.05) is 30.1 Å². The zero-order valence-corrected chi connectivity index (χ0v) is 17.7. The van der Waals surface area contributed by atoms with E-state index in [1.165, 1.54) is 36.8 Å². The number of sulfonamides is 1. The molecule has 4 aromatic rings. The lowest BCUT2D eigenvalue weighted by atomic mass is 10.0. The molecule has 0 unspecified atom stereocenters. The van der Waals surface area contributed by atoms with Crippen LogP contribution < -0.4 is 10.5 Å².